The van der Waals surface area contributed by atoms with Crippen LogP contribution in [0.1, 0.15) is 88.9 Å². The van der Waals surface area contributed by atoms with E-state index in [0.29, 0.717) is 22.8 Å². The fourth-order valence-electron chi connectivity index (χ4n) is 8.48. The maximum Gasteiger partial charge on any atom is 0.338 e. The molecular formula is C28H38O4. The lowest BCUT2D eigenvalue weighted by atomic mass is 9.45. The summed E-state index contributed by atoms with van der Waals surface area (Å²) in [6.07, 6.45) is 10.5. The van der Waals surface area contributed by atoms with Gasteiger partial charge in [0.05, 0.1) is 5.56 Å². The zero-order valence-corrected chi connectivity index (χ0v) is 19.8. The molecular weight excluding hydrogens is 400 g/mol. The molecule has 5 rings (SSSR count). The van der Waals surface area contributed by atoms with E-state index in [1.165, 1.54) is 39.0 Å². The van der Waals surface area contributed by atoms with Gasteiger partial charge in [-0.15, -0.1) is 0 Å². The highest BCUT2D eigenvalue weighted by Crippen LogP contribution is 2.66. The van der Waals surface area contributed by atoms with Gasteiger partial charge < -0.3 is 9.47 Å². The SMILES string of the molecule is CC(=O)O[C@@H]1CC[C@@]2(C)[C@@H](CC[C@@H]3[C@H]4CC[C@H](OC(=O)c5ccccc5)[C@@]4(C)CC[C@@H]32)C1. The Labute approximate surface area is 192 Å². The summed E-state index contributed by atoms with van der Waals surface area (Å²) in [4.78, 5) is 24.3. The minimum absolute atomic E-state index is 0.0337. The molecule has 1 aromatic carbocycles. The van der Waals surface area contributed by atoms with E-state index in [9.17, 15) is 9.59 Å². The fraction of sp³-hybridized carbons (Fsp3) is 0.714. The van der Waals surface area contributed by atoms with Gasteiger partial charge in [-0.3, -0.25) is 4.79 Å². The molecule has 1 aromatic rings. The van der Waals surface area contributed by atoms with Crippen molar-refractivity contribution in [3.05, 3.63) is 35.9 Å². The summed E-state index contributed by atoms with van der Waals surface area (Å²) in [5.41, 5.74) is 1.12. The van der Waals surface area contributed by atoms with Gasteiger partial charge in [-0.1, -0.05) is 32.0 Å². The molecule has 8 atom stereocenters. The summed E-state index contributed by atoms with van der Waals surface area (Å²) in [5.74, 6) is 2.50. The third-order valence-electron chi connectivity index (χ3n) is 10.1. The zero-order valence-electron chi connectivity index (χ0n) is 19.8. The van der Waals surface area contributed by atoms with Crippen LogP contribution < -0.4 is 0 Å². The molecule has 0 saturated heterocycles. The van der Waals surface area contributed by atoms with E-state index in [-0.39, 0.29) is 29.6 Å². The van der Waals surface area contributed by atoms with Crippen molar-refractivity contribution in [2.75, 3.05) is 0 Å². The Morgan fingerprint density at radius 1 is 0.844 bits per heavy atom. The molecule has 0 heterocycles. The molecule has 0 amide bonds. The molecule has 4 heteroatoms. The number of carbonyl (C=O) groups excluding carboxylic acids is 2. The second-order valence-electron chi connectivity index (χ2n) is 11.5. The normalized spacial score (nSPS) is 42.8. The van der Waals surface area contributed by atoms with Crippen molar-refractivity contribution in [2.24, 2.45) is 34.5 Å². The molecule has 4 aliphatic rings. The van der Waals surface area contributed by atoms with Crippen molar-refractivity contribution in [1.29, 1.82) is 0 Å². The van der Waals surface area contributed by atoms with Gasteiger partial charge in [0.15, 0.2) is 0 Å². The lowest BCUT2D eigenvalue weighted by Crippen LogP contribution is -2.54. The van der Waals surface area contributed by atoms with Crippen LogP contribution in [0, 0.1) is 34.5 Å². The fourth-order valence-corrected chi connectivity index (χ4v) is 8.48. The second kappa shape index (κ2) is 8.18. The maximum absolute atomic E-state index is 12.8. The highest BCUT2D eigenvalue weighted by Gasteiger charge is 2.61. The number of esters is 2. The van der Waals surface area contributed by atoms with Crippen LogP contribution >= 0.6 is 0 Å². The van der Waals surface area contributed by atoms with E-state index in [1.54, 1.807) is 0 Å². The summed E-state index contributed by atoms with van der Waals surface area (Å²) < 4.78 is 11.8. The first-order chi connectivity index (χ1) is 15.3. The van der Waals surface area contributed by atoms with E-state index in [4.69, 9.17) is 9.47 Å². The van der Waals surface area contributed by atoms with E-state index in [1.807, 2.05) is 30.3 Å². The smallest absolute Gasteiger partial charge is 0.338 e. The van der Waals surface area contributed by atoms with Crippen LogP contribution in [0.5, 0.6) is 0 Å². The minimum Gasteiger partial charge on any atom is -0.463 e. The molecule has 0 N–H and O–H groups in total. The lowest BCUT2D eigenvalue weighted by Gasteiger charge is -2.60. The number of benzene rings is 1. The van der Waals surface area contributed by atoms with E-state index >= 15 is 0 Å². The number of fused-ring (bicyclic) bond motifs is 5. The van der Waals surface area contributed by atoms with Crippen molar-refractivity contribution < 1.29 is 19.1 Å². The van der Waals surface area contributed by atoms with Gasteiger partial charge in [0.2, 0.25) is 0 Å². The third kappa shape index (κ3) is 3.58. The van der Waals surface area contributed by atoms with Crippen LogP contribution in [0.3, 0.4) is 0 Å². The maximum atomic E-state index is 12.8. The molecule has 4 nitrogen and oxygen atoms in total. The number of rotatable bonds is 3. The Hall–Kier alpha value is -1.84. The van der Waals surface area contributed by atoms with Crippen LogP contribution in [0.2, 0.25) is 0 Å². The zero-order chi connectivity index (χ0) is 22.5. The molecule has 0 radical (unpaired) electrons. The van der Waals surface area contributed by atoms with Crippen molar-refractivity contribution in [3.63, 3.8) is 0 Å². The summed E-state index contributed by atoms with van der Waals surface area (Å²) >= 11 is 0. The largest absolute Gasteiger partial charge is 0.463 e. The van der Waals surface area contributed by atoms with Gasteiger partial charge in [-0.2, -0.15) is 0 Å². The first kappa shape index (κ1) is 22.0. The highest BCUT2D eigenvalue weighted by molar-refractivity contribution is 5.89. The Kier molecular flexibility index (Phi) is 5.62. The van der Waals surface area contributed by atoms with Crippen molar-refractivity contribution in [3.8, 4) is 0 Å². The van der Waals surface area contributed by atoms with Crippen molar-refractivity contribution in [2.45, 2.75) is 90.8 Å². The molecule has 0 bridgehead atoms. The van der Waals surface area contributed by atoms with Crippen LogP contribution in [0.4, 0.5) is 0 Å². The molecule has 4 saturated carbocycles. The highest BCUT2D eigenvalue weighted by atomic mass is 16.5. The van der Waals surface area contributed by atoms with E-state index in [0.717, 1.165) is 37.5 Å². The molecule has 32 heavy (non-hydrogen) atoms. The van der Waals surface area contributed by atoms with Gasteiger partial charge >= 0.3 is 11.9 Å². The number of ether oxygens (including phenoxy) is 2. The standard InChI is InChI=1S/C28H38O4/c1-18(29)31-21-13-15-27(2)20(17-21)9-10-22-23-11-12-25(28(23,3)16-14-24(22)27)32-26(30)19-7-5-4-6-8-19/h4-8,20-25H,9-17H2,1-3H3/t20-,21+,22+,23+,24-,25-,27-,28-/m0/s1. The first-order valence-electron chi connectivity index (χ1n) is 12.7. The number of hydrogen-bond acceptors (Lipinski definition) is 4. The Morgan fingerprint density at radius 3 is 2.31 bits per heavy atom. The predicted octanol–water partition coefficient (Wildman–Crippen LogP) is 6.19. The van der Waals surface area contributed by atoms with Crippen molar-refractivity contribution >= 4 is 11.9 Å². The molecule has 174 valence electrons. The molecule has 0 aromatic heterocycles. The van der Waals surface area contributed by atoms with Gasteiger partial charge in [0.1, 0.15) is 12.2 Å². The Bertz CT molecular complexity index is 865. The monoisotopic (exact) mass is 438 g/mol. The van der Waals surface area contributed by atoms with Crippen LogP contribution in [-0.4, -0.2) is 24.1 Å². The molecule has 0 spiro atoms. The summed E-state index contributed by atoms with van der Waals surface area (Å²) in [5, 5.41) is 0. The predicted molar refractivity (Wildman–Crippen MR) is 123 cm³/mol. The van der Waals surface area contributed by atoms with Crippen LogP contribution in [0.25, 0.3) is 0 Å². The van der Waals surface area contributed by atoms with Gasteiger partial charge in [-0.05, 0) is 99.0 Å². The molecule has 4 aliphatic carbocycles. The average Bonchev–Trinajstić information content (AvgIpc) is 3.10. The average molecular weight is 439 g/mol. The third-order valence-corrected chi connectivity index (χ3v) is 10.1. The van der Waals surface area contributed by atoms with Gasteiger partial charge in [0.25, 0.3) is 0 Å². The second-order valence-corrected chi connectivity index (χ2v) is 11.5. The summed E-state index contributed by atoms with van der Waals surface area (Å²) in [6, 6.07) is 9.43. The molecule has 0 unspecified atom stereocenters. The lowest BCUT2D eigenvalue weighted by molar-refractivity contribution is -0.161. The van der Waals surface area contributed by atoms with Crippen molar-refractivity contribution in [1.82, 2.24) is 0 Å². The quantitative estimate of drug-likeness (QED) is 0.528. The minimum atomic E-state index is -0.168. The van der Waals surface area contributed by atoms with Gasteiger partial charge in [-0.25, -0.2) is 4.79 Å². The van der Waals surface area contributed by atoms with E-state index < -0.39 is 0 Å². The van der Waals surface area contributed by atoms with Gasteiger partial charge in [0, 0.05) is 12.3 Å². The van der Waals surface area contributed by atoms with Crippen LogP contribution in [0.15, 0.2) is 30.3 Å². The first-order valence-corrected chi connectivity index (χ1v) is 12.7. The summed E-state index contributed by atoms with van der Waals surface area (Å²) in [7, 11) is 0. The summed E-state index contributed by atoms with van der Waals surface area (Å²) in [6.45, 7) is 6.46. The molecule has 0 aliphatic heterocycles. The number of carbonyl (C=O) groups is 2. The Balaban J connectivity index is 1.30. The van der Waals surface area contributed by atoms with E-state index in [2.05, 4.69) is 13.8 Å². The molecule has 4 fully saturated rings. The Morgan fingerprint density at radius 2 is 1.56 bits per heavy atom. The number of hydrogen-bond donors (Lipinski definition) is 0. The van der Waals surface area contributed by atoms with Crippen LogP contribution in [-0.2, 0) is 14.3 Å². The topological polar surface area (TPSA) is 52.6 Å².